The predicted octanol–water partition coefficient (Wildman–Crippen LogP) is 2.66. The van der Waals surface area contributed by atoms with Crippen molar-refractivity contribution >= 4 is 23.9 Å². The summed E-state index contributed by atoms with van der Waals surface area (Å²) >= 11 is 0. The van der Waals surface area contributed by atoms with E-state index in [0.717, 1.165) is 31.5 Å². The monoisotopic (exact) mass is 538 g/mol. The first-order chi connectivity index (χ1) is 18.9. The lowest BCUT2D eigenvalue weighted by Crippen LogP contribution is -2.74. The van der Waals surface area contributed by atoms with Crippen molar-refractivity contribution in [3.63, 3.8) is 0 Å². The van der Waals surface area contributed by atoms with Crippen LogP contribution in [-0.4, -0.2) is 106 Å². The lowest BCUT2D eigenvalue weighted by atomic mass is 9.88. The molecule has 4 heterocycles. The summed E-state index contributed by atoms with van der Waals surface area (Å²) in [4.78, 5) is 58.8. The maximum Gasteiger partial charge on any atom is 0.411 e. The minimum absolute atomic E-state index is 0.114. The molecule has 0 radical (unpaired) electrons. The quantitative estimate of drug-likeness (QED) is 0.400. The SMILES string of the molecule is CC=C[C@@H]1[C@H](N2C(=O)OC[C@@H]2c2ccccc2)C(=O)N1[C@H](CC(=O)N1CCC(N2CCCCC2)CC1)C(=O)O. The van der Waals surface area contributed by atoms with Crippen molar-refractivity contribution in [3.8, 4) is 0 Å². The van der Waals surface area contributed by atoms with Gasteiger partial charge in [0.05, 0.1) is 18.5 Å². The molecule has 5 rings (SSSR count). The number of carbonyl (C=O) groups excluding carboxylic acids is 3. The number of hydrogen-bond donors (Lipinski definition) is 1. The number of nitrogens with zero attached hydrogens (tertiary/aromatic N) is 4. The second-order valence-corrected chi connectivity index (χ2v) is 10.9. The molecule has 4 aliphatic heterocycles. The number of benzene rings is 1. The van der Waals surface area contributed by atoms with E-state index < -0.39 is 42.1 Å². The number of carboxylic acids is 1. The molecule has 4 saturated heterocycles. The number of aliphatic carboxylic acids is 1. The van der Waals surface area contributed by atoms with Crippen LogP contribution in [0, 0.1) is 0 Å². The first kappa shape index (κ1) is 27.2. The van der Waals surface area contributed by atoms with Crippen LogP contribution in [0.5, 0.6) is 0 Å². The van der Waals surface area contributed by atoms with Gasteiger partial charge in [-0.05, 0) is 51.3 Å². The lowest BCUT2D eigenvalue weighted by molar-refractivity contribution is -0.169. The molecule has 4 aliphatic rings. The molecule has 0 aromatic heterocycles. The fourth-order valence-corrected chi connectivity index (χ4v) is 6.59. The summed E-state index contributed by atoms with van der Waals surface area (Å²) < 4.78 is 5.32. The number of carbonyl (C=O) groups is 4. The minimum Gasteiger partial charge on any atom is -0.480 e. The van der Waals surface area contributed by atoms with Gasteiger partial charge in [0.15, 0.2) is 0 Å². The molecule has 1 aromatic rings. The Morgan fingerprint density at radius 1 is 1.05 bits per heavy atom. The minimum atomic E-state index is -1.31. The number of rotatable bonds is 8. The van der Waals surface area contributed by atoms with Crippen molar-refractivity contribution in [2.75, 3.05) is 32.8 Å². The van der Waals surface area contributed by atoms with Gasteiger partial charge in [-0.2, -0.15) is 0 Å². The summed E-state index contributed by atoms with van der Waals surface area (Å²) in [6.45, 7) is 5.31. The van der Waals surface area contributed by atoms with E-state index in [2.05, 4.69) is 4.90 Å². The molecule has 0 saturated carbocycles. The number of hydrogen-bond acceptors (Lipinski definition) is 6. The Kier molecular flexibility index (Phi) is 8.20. The zero-order valence-electron chi connectivity index (χ0n) is 22.5. The Morgan fingerprint density at radius 2 is 1.74 bits per heavy atom. The summed E-state index contributed by atoms with van der Waals surface area (Å²) in [6.07, 6.45) is 8.06. The zero-order chi connectivity index (χ0) is 27.5. The predicted molar refractivity (Wildman–Crippen MR) is 143 cm³/mol. The zero-order valence-corrected chi connectivity index (χ0v) is 22.5. The Balaban J connectivity index is 1.27. The molecular formula is C29H38N4O6. The molecule has 1 N–H and O–H groups in total. The molecule has 10 nitrogen and oxygen atoms in total. The number of amides is 3. The molecule has 3 amide bonds. The highest BCUT2D eigenvalue weighted by Gasteiger charge is 2.58. The molecule has 0 bridgehead atoms. The standard InChI is InChI=1S/C29H38N4O6/c1-2-9-22-26(33-24(19-39-29(33)38)20-10-5-3-6-11-20)27(35)32(22)23(28(36)37)18-25(34)31-16-12-21(13-17-31)30-14-7-4-8-15-30/h2-3,5-6,9-11,21-24,26H,4,7-8,12-19H2,1H3,(H,36,37)/t22-,23-,24-,26+/m1/s1. The van der Waals surface area contributed by atoms with E-state index in [9.17, 15) is 24.3 Å². The number of likely N-dealkylation sites (tertiary alicyclic amines) is 3. The van der Waals surface area contributed by atoms with Gasteiger partial charge in [0.1, 0.15) is 18.7 Å². The number of cyclic esters (lactones) is 1. The van der Waals surface area contributed by atoms with Gasteiger partial charge >= 0.3 is 12.1 Å². The van der Waals surface area contributed by atoms with Gasteiger partial charge in [-0.25, -0.2) is 9.59 Å². The van der Waals surface area contributed by atoms with Crippen molar-refractivity contribution in [2.24, 2.45) is 0 Å². The first-order valence-corrected chi connectivity index (χ1v) is 14.1. The lowest BCUT2D eigenvalue weighted by Gasteiger charge is -2.51. The van der Waals surface area contributed by atoms with Crippen molar-refractivity contribution in [1.82, 2.24) is 19.6 Å². The normalized spacial score (nSPS) is 27.5. The van der Waals surface area contributed by atoms with Crippen LogP contribution in [0.25, 0.3) is 0 Å². The van der Waals surface area contributed by atoms with Crippen molar-refractivity contribution in [3.05, 3.63) is 48.0 Å². The van der Waals surface area contributed by atoms with Crippen LogP contribution in [0.4, 0.5) is 4.79 Å². The second-order valence-electron chi connectivity index (χ2n) is 10.9. The van der Waals surface area contributed by atoms with Crippen LogP contribution in [0.3, 0.4) is 0 Å². The van der Waals surface area contributed by atoms with E-state index in [1.165, 1.54) is 29.1 Å². The maximum absolute atomic E-state index is 13.5. The molecule has 210 valence electrons. The van der Waals surface area contributed by atoms with E-state index in [1.807, 2.05) is 30.3 Å². The third-order valence-electron chi connectivity index (χ3n) is 8.65. The highest BCUT2D eigenvalue weighted by Crippen LogP contribution is 2.38. The van der Waals surface area contributed by atoms with Gasteiger partial charge in [0.25, 0.3) is 0 Å². The van der Waals surface area contributed by atoms with Crippen molar-refractivity contribution in [1.29, 1.82) is 0 Å². The number of carboxylic acid groups (broad SMARTS) is 1. The molecule has 39 heavy (non-hydrogen) atoms. The van der Waals surface area contributed by atoms with E-state index in [0.29, 0.717) is 19.1 Å². The average molecular weight is 539 g/mol. The summed E-state index contributed by atoms with van der Waals surface area (Å²) in [5.74, 6) is -1.96. The molecular weight excluding hydrogens is 500 g/mol. The Hall–Kier alpha value is -3.40. The van der Waals surface area contributed by atoms with Crippen LogP contribution >= 0.6 is 0 Å². The maximum atomic E-state index is 13.5. The number of β-lactam (4-membered cyclic amide) rings is 1. The molecule has 10 heteroatoms. The molecule has 0 spiro atoms. The molecule has 4 fully saturated rings. The largest absolute Gasteiger partial charge is 0.480 e. The van der Waals surface area contributed by atoms with Gasteiger partial charge < -0.3 is 24.5 Å². The van der Waals surface area contributed by atoms with Crippen LogP contribution < -0.4 is 0 Å². The van der Waals surface area contributed by atoms with Crippen molar-refractivity contribution < 1.29 is 29.0 Å². The van der Waals surface area contributed by atoms with E-state index >= 15 is 0 Å². The van der Waals surface area contributed by atoms with Crippen LogP contribution in [-0.2, 0) is 19.1 Å². The number of allylic oxidation sites excluding steroid dienone is 1. The summed E-state index contributed by atoms with van der Waals surface area (Å²) in [5, 5.41) is 10.1. The fourth-order valence-electron chi connectivity index (χ4n) is 6.59. The number of piperidine rings is 2. The fraction of sp³-hybridized carbons (Fsp3) is 0.586. The van der Waals surface area contributed by atoms with E-state index in [-0.39, 0.29) is 18.9 Å². The van der Waals surface area contributed by atoms with Gasteiger partial charge in [-0.3, -0.25) is 14.5 Å². The molecule has 4 atom stereocenters. The Morgan fingerprint density at radius 3 is 2.38 bits per heavy atom. The highest BCUT2D eigenvalue weighted by molar-refractivity contribution is 5.98. The third kappa shape index (κ3) is 5.39. The second kappa shape index (κ2) is 11.8. The Bertz CT molecular complexity index is 1100. The van der Waals surface area contributed by atoms with Crippen LogP contribution in [0.1, 0.15) is 57.1 Å². The smallest absolute Gasteiger partial charge is 0.411 e. The molecule has 0 unspecified atom stereocenters. The summed E-state index contributed by atoms with van der Waals surface area (Å²) in [6, 6.07) is 6.48. The summed E-state index contributed by atoms with van der Waals surface area (Å²) in [5.41, 5.74) is 0.840. The first-order valence-electron chi connectivity index (χ1n) is 14.1. The van der Waals surface area contributed by atoms with Gasteiger partial charge in [-0.1, -0.05) is 48.9 Å². The highest BCUT2D eigenvalue weighted by atomic mass is 16.6. The number of ether oxygens (including phenoxy) is 1. The summed E-state index contributed by atoms with van der Waals surface area (Å²) in [7, 11) is 0. The van der Waals surface area contributed by atoms with Crippen molar-refractivity contribution in [2.45, 2.75) is 75.7 Å². The Labute approximate surface area is 229 Å². The van der Waals surface area contributed by atoms with Crippen LogP contribution in [0.15, 0.2) is 42.5 Å². The van der Waals surface area contributed by atoms with Gasteiger partial charge in [-0.15, -0.1) is 0 Å². The van der Waals surface area contributed by atoms with Crippen LogP contribution in [0.2, 0.25) is 0 Å². The third-order valence-corrected chi connectivity index (χ3v) is 8.65. The molecule has 1 aromatic carbocycles. The average Bonchev–Trinajstić information content (AvgIpc) is 3.33. The van der Waals surface area contributed by atoms with Gasteiger partial charge in [0.2, 0.25) is 11.8 Å². The van der Waals surface area contributed by atoms with Gasteiger partial charge in [0, 0.05) is 19.1 Å². The molecule has 0 aliphatic carbocycles. The van der Waals surface area contributed by atoms with E-state index in [4.69, 9.17) is 4.74 Å². The van der Waals surface area contributed by atoms with E-state index in [1.54, 1.807) is 24.0 Å². The topological polar surface area (TPSA) is 111 Å².